The smallest absolute Gasteiger partial charge is 0.315 e. The molecule has 1 aliphatic heterocycles. The Morgan fingerprint density at radius 1 is 1.44 bits per heavy atom. The van der Waals surface area contributed by atoms with Gasteiger partial charge in [-0.05, 0) is 40.0 Å². The van der Waals surface area contributed by atoms with Crippen molar-refractivity contribution in [2.45, 2.75) is 51.2 Å². The molecule has 1 aliphatic carbocycles. The molecule has 2 unspecified atom stereocenters. The van der Waals surface area contributed by atoms with E-state index in [2.05, 4.69) is 0 Å². The van der Waals surface area contributed by atoms with Crippen LogP contribution in [0.1, 0.15) is 40.0 Å². The van der Waals surface area contributed by atoms with Gasteiger partial charge in [0.25, 0.3) is 0 Å². The lowest BCUT2D eigenvalue weighted by Gasteiger charge is -2.29. The first-order valence-corrected chi connectivity index (χ1v) is 5.88. The van der Waals surface area contributed by atoms with Crippen LogP contribution in [0.15, 0.2) is 0 Å². The highest BCUT2D eigenvalue weighted by Gasteiger charge is 2.60. The van der Waals surface area contributed by atoms with E-state index in [0.29, 0.717) is 13.2 Å². The van der Waals surface area contributed by atoms with Gasteiger partial charge < -0.3 is 15.2 Å². The first-order valence-electron chi connectivity index (χ1n) is 5.88. The van der Waals surface area contributed by atoms with Crippen LogP contribution in [0, 0.1) is 5.41 Å². The molecule has 92 valence electrons. The Labute approximate surface area is 96.5 Å². The van der Waals surface area contributed by atoms with Crippen molar-refractivity contribution in [2.24, 2.45) is 11.1 Å². The summed E-state index contributed by atoms with van der Waals surface area (Å²) < 4.78 is 11.2. The van der Waals surface area contributed by atoms with Crippen LogP contribution < -0.4 is 5.73 Å². The molecule has 1 heterocycles. The zero-order valence-corrected chi connectivity index (χ0v) is 10.3. The van der Waals surface area contributed by atoms with Crippen molar-refractivity contribution in [3.8, 4) is 0 Å². The molecule has 4 nitrogen and oxygen atoms in total. The number of esters is 1. The summed E-state index contributed by atoms with van der Waals surface area (Å²) in [4.78, 5) is 12.2. The number of ether oxygens (including phenoxy) is 2. The van der Waals surface area contributed by atoms with E-state index in [-0.39, 0.29) is 11.6 Å². The number of rotatable bonds is 2. The lowest BCUT2D eigenvalue weighted by Crippen LogP contribution is -2.38. The number of carbonyl (C=O) groups is 1. The molecule has 1 saturated heterocycles. The molecular formula is C12H21NO3. The van der Waals surface area contributed by atoms with Crippen molar-refractivity contribution >= 4 is 5.97 Å². The Morgan fingerprint density at radius 2 is 2.12 bits per heavy atom. The first-order chi connectivity index (χ1) is 7.31. The number of hydrogen-bond acceptors (Lipinski definition) is 4. The minimum Gasteiger partial charge on any atom is -0.459 e. The van der Waals surface area contributed by atoms with Crippen molar-refractivity contribution in [1.29, 1.82) is 0 Å². The molecule has 2 aliphatic rings. The Kier molecular flexibility index (Phi) is 2.55. The predicted octanol–water partition coefficient (Wildman–Crippen LogP) is 1.23. The average Bonchev–Trinajstić information content (AvgIpc) is 2.72. The van der Waals surface area contributed by atoms with E-state index < -0.39 is 11.0 Å². The average molecular weight is 227 g/mol. The standard InChI is InChI=1S/C12H21NO3/c1-10(2,3)16-9(14)11-4-5-12(6-11,7-13)15-8-11/h4-8,13H2,1-3H3. The molecule has 4 heteroatoms. The largest absolute Gasteiger partial charge is 0.459 e. The summed E-state index contributed by atoms with van der Waals surface area (Å²) in [6.07, 6.45) is 2.45. The summed E-state index contributed by atoms with van der Waals surface area (Å²) in [5, 5.41) is 0. The van der Waals surface area contributed by atoms with Crippen molar-refractivity contribution < 1.29 is 14.3 Å². The summed E-state index contributed by atoms with van der Waals surface area (Å²) in [5.41, 5.74) is 4.61. The van der Waals surface area contributed by atoms with Gasteiger partial charge in [0.2, 0.25) is 0 Å². The number of nitrogens with two attached hydrogens (primary N) is 1. The number of carbonyl (C=O) groups excluding carboxylic acids is 1. The van der Waals surface area contributed by atoms with Crippen LogP contribution in [-0.2, 0) is 14.3 Å². The maximum Gasteiger partial charge on any atom is 0.315 e. The molecule has 0 aromatic heterocycles. The third kappa shape index (κ3) is 1.84. The Morgan fingerprint density at radius 3 is 2.50 bits per heavy atom. The van der Waals surface area contributed by atoms with E-state index in [1.54, 1.807) is 0 Å². The highest BCUT2D eigenvalue weighted by molar-refractivity contribution is 5.78. The zero-order valence-electron chi connectivity index (χ0n) is 10.3. The monoisotopic (exact) mass is 227 g/mol. The van der Waals surface area contributed by atoms with Gasteiger partial charge in [0.05, 0.1) is 17.6 Å². The lowest BCUT2D eigenvalue weighted by molar-refractivity contribution is -0.169. The summed E-state index contributed by atoms with van der Waals surface area (Å²) in [6, 6.07) is 0. The fraction of sp³-hybridized carbons (Fsp3) is 0.917. The lowest BCUT2D eigenvalue weighted by atomic mass is 9.87. The number of fused-ring (bicyclic) bond motifs is 2. The topological polar surface area (TPSA) is 61.5 Å². The molecule has 0 aromatic carbocycles. The van der Waals surface area contributed by atoms with Crippen LogP contribution in [0.2, 0.25) is 0 Å². The van der Waals surface area contributed by atoms with E-state index >= 15 is 0 Å². The molecule has 1 saturated carbocycles. The van der Waals surface area contributed by atoms with E-state index in [4.69, 9.17) is 15.2 Å². The van der Waals surface area contributed by atoms with E-state index in [9.17, 15) is 4.79 Å². The van der Waals surface area contributed by atoms with E-state index in [1.807, 2.05) is 20.8 Å². The minimum absolute atomic E-state index is 0.118. The van der Waals surface area contributed by atoms with Crippen LogP contribution in [0.3, 0.4) is 0 Å². The molecule has 0 aromatic rings. The van der Waals surface area contributed by atoms with Gasteiger partial charge in [0.15, 0.2) is 0 Å². The molecule has 2 N–H and O–H groups in total. The van der Waals surface area contributed by atoms with Gasteiger partial charge in [-0.25, -0.2) is 0 Å². The number of hydrogen-bond donors (Lipinski definition) is 1. The van der Waals surface area contributed by atoms with Gasteiger partial charge in [-0.1, -0.05) is 0 Å². The molecule has 2 bridgehead atoms. The fourth-order valence-electron chi connectivity index (χ4n) is 2.65. The van der Waals surface area contributed by atoms with E-state index in [1.165, 1.54) is 0 Å². The van der Waals surface area contributed by atoms with Gasteiger partial charge in [-0.15, -0.1) is 0 Å². The summed E-state index contributed by atoms with van der Waals surface area (Å²) in [7, 11) is 0. The van der Waals surface area contributed by atoms with E-state index in [0.717, 1.165) is 19.3 Å². The zero-order chi connectivity index (χ0) is 12.0. The SMILES string of the molecule is CC(C)(C)OC(=O)C12CCC(CN)(C1)OC2. The summed E-state index contributed by atoms with van der Waals surface area (Å²) in [6.45, 7) is 6.64. The van der Waals surface area contributed by atoms with Crippen molar-refractivity contribution in [3.05, 3.63) is 0 Å². The van der Waals surface area contributed by atoms with Crippen molar-refractivity contribution in [3.63, 3.8) is 0 Å². The fourth-order valence-corrected chi connectivity index (χ4v) is 2.65. The minimum atomic E-state index is -0.428. The third-order valence-corrected chi connectivity index (χ3v) is 3.58. The molecule has 0 amide bonds. The summed E-state index contributed by atoms with van der Waals surface area (Å²) in [5.74, 6) is -0.118. The molecule has 16 heavy (non-hydrogen) atoms. The molecular weight excluding hydrogens is 206 g/mol. The predicted molar refractivity (Wildman–Crippen MR) is 59.9 cm³/mol. The summed E-state index contributed by atoms with van der Waals surface area (Å²) >= 11 is 0. The highest BCUT2D eigenvalue weighted by atomic mass is 16.6. The van der Waals surface area contributed by atoms with Crippen LogP contribution in [0.5, 0.6) is 0 Å². The molecule has 2 rings (SSSR count). The van der Waals surface area contributed by atoms with Gasteiger partial charge in [-0.3, -0.25) is 4.79 Å². The maximum atomic E-state index is 12.2. The van der Waals surface area contributed by atoms with Crippen molar-refractivity contribution in [1.82, 2.24) is 0 Å². The Bertz CT molecular complexity index is 298. The van der Waals surface area contributed by atoms with Crippen LogP contribution in [0.25, 0.3) is 0 Å². The molecule has 0 radical (unpaired) electrons. The highest BCUT2D eigenvalue weighted by Crippen LogP contribution is 2.53. The molecule has 0 spiro atoms. The quantitative estimate of drug-likeness (QED) is 0.721. The van der Waals surface area contributed by atoms with Gasteiger partial charge in [-0.2, -0.15) is 0 Å². The second-order valence-electron chi connectivity index (χ2n) is 6.13. The molecule has 2 atom stereocenters. The van der Waals surface area contributed by atoms with Gasteiger partial charge in [0, 0.05) is 6.54 Å². The Balaban J connectivity index is 2.09. The Hall–Kier alpha value is -0.610. The van der Waals surface area contributed by atoms with Crippen LogP contribution in [-0.4, -0.2) is 30.3 Å². The second-order valence-corrected chi connectivity index (χ2v) is 6.13. The first kappa shape index (κ1) is 11.9. The van der Waals surface area contributed by atoms with Crippen LogP contribution in [0.4, 0.5) is 0 Å². The van der Waals surface area contributed by atoms with Gasteiger partial charge >= 0.3 is 5.97 Å². The normalized spacial score (nSPS) is 37.8. The van der Waals surface area contributed by atoms with Gasteiger partial charge in [0.1, 0.15) is 5.60 Å². The third-order valence-electron chi connectivity index (χ3n) is 3.58. The van der Waals surface area contributed by atoms with Crippen LogP contribution >= 0.6 is 0 Å². The van der Waals surface area contributed by atoms with Crippen molar-refractivity contribution in [2.75, 3.05) is 13.2 Å². The second kappa shape index (κ2) is 3.44. The molecule has 2 fully saturated rings. The maximum absolute atomic E-state index is 12.2.